The summed E-state index contributed by atoms with van der Waals surface area (Å²) in [5.41, 5.74) is 4.35. The topological polar surface area (TPSA) is 140 Å². The van der Waals surface area contributed by atoms with Crippen molar-refractivity contribution in [2.24, 2.45) is 0 Å². The molecule has 1 unspecified atom stereocenters. The molecule has 1 aromatic heterocycles. The molecular formula is C25H25N3O7. The van der Waals surface area contributed by atoms with Crippen LogP contribution in [0.5, 0.6) is 0 Å². The number of ether oxygens (including phenoxy) is 2. The average molecular weight is 479 g/mol. The first-order chi connectivity index (χ1) is 17.0. The van der Waals surface area contributed by atoms with Gasteiger partial charge in [0.05, 0.1) is 12.5 Å². The molecule has 1 aliphatic rings. The molecule has 0 saturated carbocycles. The van der Waals surface area contributed by atoms with Crippen molar-refractivity contribution in [3.8, 4) is 11.1 Å². The highest BCUT2D eigenvalue weighted by atomic mass is 16.6. The molecule has 2 aromatic carbocycles. The van der Waals surface area contributed by atoms with Crippen molar-refractivity contribution in [2.45, 2.75) is 25.4 Å². The predicted molar refractivity (Wildman–Crippen MR) is 125 cm³/mol. The highest BCUT2D eigenvalue weighted by molar-refractivity contribution is 5.93. The number of amides is 2. The summed E-state index contributed by atoms with van der Waals surface area (Å²) >= 11 is 0. The van der Waals surface area contributed by atoms with Crippen molar-refractivity contribution < 1.29 is 33.5 Å². The molecule has 1 atom stereocenters. The third-order valence-electron chi connectivity index (χ3n) is 5.61. The van der Waals surface area contributed by atoms with Crippen LogP contribution in [0, 0.1) is 0 Å². The van der Waals surface area contributed by atoms with Crippen LogP contribution in [-0.4, -0.2) is 54.1 Å². The van der Waals surface area contributed by atoms with Crippen LogP contribution < -0.4 is 10.6 Å². The van der Waals surface area contributed by atoms with Gasteiger partial charge >= 0.3 is 12.1 Å². The summed E-state index contributed by atoms with van der Waals surface area (Å²) < 4.78 is 15.8. The van der Waals surface area contributed by atoms with Crippen molar-refractivity contribution >= 4 is 23.9 Å². The fourth-order valence-electron chi connectivity index (χ4n) is 4.09. The van der Waals surface area contributed by atoms with Gasteiger partial charge < -0.3 is 24.4 Å². The van der Waals surface area contributed by atoms with Crippen LogP contribution in [0.25, 0.3) is 11.1 Å². The Morgan fingerprint density at radius 3 is 2.37 bits per heavy atom. The Kier molecular flexibility index (Phi) is 7.41. The lowest BCUT2D eigenvalue weighted by molar-refractivity contribution is -0.140. The SMILES string of the molecule is CCOC(CNC(=O)c1cc(NC(=O)OCC2c3ccccc3-c3ccccc32)on1)CC(=O)O. The number of carboxylic acids is 1. The lowest BCUT2D eigenvalue weighted by atomic mass is 9.98. The summed E-state index contributed by atoms with van der Waals surface area (Å²) in [7, 11) is 0. The number of anilines is 1. The molecule has 3 N–H and O–H groups in total. The molecule has 1 heterocycles. The number of aromatic nitrogens is 1. The molecule has 0 spiro atoms. The summed E-state index contributed by atoms with van der Waals surface area (Å²) in [5, 5.41) is 17.5. The number of rotatable bonds is 10. The summed E-state index contributed by atoms with van der Waals surface area (Å²) in [5.74, 6) is -1.77. The summed E-state index contributed by atoms with van der Waals surface area (Å²) in [4.78, 5) is 35.6. The van der Waals surface area contributed by atoms with Gasteiger partial charge in [0.25, 0.3) is 5.91 Å². The standard InChI is InChI=1S/C25H25N3O7/c1-2-33-15(11-23(29)30)13-26-24(31)21-12-22(35-28-21)27-25(32)34-14-20-18-9-5-3-7-16(18)17-8-4-6-10-19(17)20/h3-10,12,15,20H,2,11,13-14H2,1H3,(H,26,31)(H,27,32)(H,29,30). The van der Waals surface area contributed by atoms with E-state index >= 15 is 0 Å². The van der Waals surface area contributed by atoms with Crippen molar-refractivity contribution in [3.05, 3.63) is 71.4 Å². The van der Waals surface area contributed by atoms with E-state index in [-0.39, 0.29) is 37.1 Å². The molecule has 35 heavy (non-hydrogen) atoms. The lowest BCUT2D eigenvalue weighted by Gasteiger charge is -2.15. The van der Waals surface area contributed by atoms with Gasteiger partial charge in [-0.15, -0.1) is 0 Å². The molecule has 0 fully saturated rings. The second-order valence-corrected chi connectivity index (χ2v) is 7.91. The maximum absolute atomic E-state index is 12.4. The van der Waals surface area contributed by atoms with Gasteiger partial charge in [-0.1, -0.05) is 53.7 Å². The largest absolute Gasteiger partial charge is 0.481 e. The Labute approximate surface area is 201 Å². The second-order valence-electron chi connectivity index (χ2n) is 7.91. The Bertz CT molecular complexity index is 1180. The van der Waals surface area contributed by atoms with Crippen LogP contribution in [0.15, 0.2) is 59.1 Å². The molecular weight excluding hydrogens is 454 g/mol. The molecule has 0 aliphatic heterocycles. The van der Waals surface area contributed by atoms with E-state index < -0.39 is 24.1 Å². The fourth-order valence-corrected chi connectivity index (χ4v) is 4.09. The van der Waals surface area contributed by atoms with Crippen molar-refractivity contribution in [2.75, 3.05) is 25.1 Å². The first kappa shape index (κ1) is 24.0. The Hall–Kier alpha value is -4.18. The van der Waals surface area contributed by atoms with Gasteiger partial charge in [0.2, 0.25) is 5.88 Å². The molecule has 182 valence electrons. The normalized spacial score (nSPS) is 12.9. The third-order valence-corrected chi connectivity index (χ3v) is 5.61. The summed E-state index contributed by atoms with van der Waals surface area (Å²) in [6.07, 6.45) is -1.67. The highest BCUT2D eigenvalue weighted by Gasteiger charge is 2.29. The van der Waals surface area contributed by atoms with Crippen LogP contribution in [0.4, 0.5) is 10.7 Å². The van der Waals surface area contributed by atoms with Gasteiger partial charge in [0.15, 0.2) is 5.69 Å². The number of carboxylic acid groups (broad SMARTS) is 1. The Morgan fingerprint density at radius 2 is 1.74 bits per heavy atom. The molecule has 2 amide bonds. The van der Waals surface area contributed by atoms with Crippen LogP contribution in [0.1, 0.15) is 40.9 Å². The van der Waals surface area contributed by atoms with Gasteiger partial charge in [-0.25, -0.2) is 4.79 Å². The van der Waals surface area contributed by atoms with Crippen LogP contribution >= 0.6 is 0 Å². The average Bonchev–Trinajstić information content (AvgIpc) is 3.43. The van der Waals surface area contributed by atoms with E-state index in [2.05, 4.69) is 15.8 Å². The van der Waals surface area contributed by atoms with E-state index in [1.165, 1.54) is 6.07 Å². The molecule has 10 nitrogen and oxygen atoms in total. The second kappa shape index (κ2) is 10.8. The quantitative estimate of drug-likeness (QED) is 0.400. The van der Waals surface area contributed by atoms with Crippen molar-refractivity contribution in [3.63, 3.8) is 0 Å². The molecule has 4 rings (SSSR count). The number of aliphatic carboxylic acids is 1. The fraction of sp³-hybridized carbons (Fsp3) is 0.280. The predicted octanol–water partition coefficient (Wildman–Crippen LogP) is 3.65. The first-order valence-corrected chi connectivity index (χ1v) is 11.2. The third kappa shape index (κ3) is 5.67. The molecule has 10 heteroatoms. The van der Waals surface area contributed by atoms with Gasteiger partial charge in [-0.2, -0.15) is 0 Å². The summed E-state index contributed by atoms with van der Waals surface area (Å²) in [6.45, 7) is 2.16. The van der Waals surface area contributed by atoms with E-state index in [0.29, 0.717) is 6.61 Å². The molecule has 0 radical (unpaired) electrons. The first-order valence-electron chi connectivity index (χ1n) is 11.2. The lowest BCUT2D eigenvalue weighted by Crippen LogP contribution is -2.35. The number of benzene rings is 2. The maximum Gasteiger partial charge on any atom is 0.414 e. The van der Waals surface area contributed by atoms with Crippen LogP contribution in [0.2, 0.25) is 0 Å². The molecule has 3 aromatic rings. The van der Waals surface area contributed by atoms with E-state index in [1.807, 2.05) is 48.5 Å². The van der Waals surface area contributed by atoms with E-state index in [1.54, 1.807) is 6.92 Å². The summed E-state index contributed by atoms with van der Waals surface area (Å²) in [6, 6.07) is 17.3. The number of hydrogen-bond donors (Lipinski definition) is 3. The zero-order valence-electron chi connectivity index (χ0n) is 19.0. The minimum Gasteiger partial charge on any atom is -0.481 e. The zero-order valence-corrected chi connectivity index (χ0v) is 19.0. The van der Waals surface area contributed by atoms with Crippen LogP contribution in [0.3, 0.4) is 0 Å². The Balaban J connectivity index is 1.31. The molecule has 0 bridgehead atoms. The number of carbonyl (C=O) groups excluding carboxylic acids is 2. The van der Waals surface area contributed by atoms with E-state index in [4.69, 9.17) is 19.1 Å². The minimum atomic E-state index is -1.03. The van der Waals surface area contributed by atoms with Gasteiger partial charge in [0.1, 0.15) is 6.61 Å². The van der Waals surface area contributed by atoms with Crippen LogP contribution in [-0.2, 0) is 14.3 Å². The highest BCUT2D eigenvalue weighted by Crippen LogP contribution is 2.44. The number of nitrogens with one attached hydrogen (secondary N) is 2. The van der Waals surface area contributed by atoms with Gasteiger partial charge in [0, 0.05) is 25.1 Å². The number of fused-ring (bicyclic) bond motifs is 3. The number of hydrogen-bond acceptors (Lipinski definition) is 7. The van der Waals surface area contributed by atoms with E-state index in [0.717, 1.165) is 22.3 Å². The van der Waals surface area contributed by atoms with Gasteiger partial charge in [-0.3, -0.25) is 14.9 Å². The smallest absolute Gasteiger partial charge is 0.414 e. The Morgan fingerprint density at radius 1 is 1.09 bits per heavy atom. The van der Waals surface area contributed by atoms with E-state index in [9.17, 15) is 14.4 Å². The molecule has 1 aliphatic carbocycles. The number of carbonyl (C=O) groups is 3. The monoisotopic (exact) mass is 479 g/mol. The van der Waals surface area contributed by atoms with Gasteiger partial charge in [-0.05, 0) is 29.2 Å². The van der Waals surface area contributed by atoms with Crippen molar-refractivity contribution in [1.82, 2.24) is 10.5 Å². The molecule has 0 saturated heterocycles. The van der Waals surface area contributed by atoms with Crippen molar-refractivity contribution in [1.29, 1.82) is 0 Å². The number of nitrogens with zero attached hydrogens (tertiary/aromatic N) is 1. The minimum absolute atomic E-state index is 0.0129. The zero-order chi connectivity index (χ0) is 24.8. The maximum atomic E-state index is 12.4.